The van der Waals surface area contributed by atoms with Gasteiger partial charge in [-0.3, -0.25) is 14.5 Å². The van der Waals surface area contributed by atoms with Crippen molar-refractivity contribution in [1.29, 1.82) is 0 Å². The molecule has 0 aliphatic rings. The highest BCUT2D eigenvalue weighted by atomic mass is 17.1. The molecule has 0 spiro atoms. The molecule has 0 heterocycles. The van der Waals surface area contributed by atoms with E-state index in [1.54, 1.807) is 0 Å². The summed E-state index contributed by atoms with van der Waals surface area (Å²) in [5.74, 6) is -2.99. The van der Waals surface area contributed by atoms with Crippen molar-refractivity contribution in [3.8, 4) is 0 Å². The van der Waals surface area contributed by atoms with Gasteiger partial charge in [-0.05, 0) is 0 Å². The summed E-state index contributed by atoms with van der Waals surface area (Å²) >= 11 is 0. The van der Waals surface area contributed by atoms with Crippen molar-refractivity contribution in [2.24, 2.45) is 0 Å². The lowest BCUT2D eigenvalue weighted by Crippen LogP contribution is -2.00. The van der Waals surface area contributed by atoms with Gasteiger partial charge in [-0.15, -0.1) is 0 Å². The summed E-state index contributed by atoms with van der Waals surface area (Å²) in [4.78, 5) is 32.0. The van der Waals surface area contributed by atoms with E-state index in [4.69, 9.17) is 15.5 Å². The molecule has 0 saturated carbocycles. The highest BCUT2D eigenvalue weighted by Crippen LogP contribution is 1.86. The maximum Gasteiger partial charge on any atom is 0.365 e. The van der Waals surface area contributed by atoms with E-state index in [1.807, 2.05) is 0 Å². The van der Waals surface area contributed by atoms with Crippen LogP contribution in [0.25, 0.3) is 0 Å². The Morgan fingerprint density at radius 1 is 1.14 bits per heavy atom. The van der Waals surface area contributed by atoms with Gasteiger partial charge < -0.3 is 10.2 Å². The highest BCUT2D eigenvalue weighted by molar-refractivity contribution is 5.80. The number of hydrogen-bond acceptors (Lipinski definition) is 5. The van der Waals surface area contributed by atoms with Crippen molar-refractivity contribution < 1.29 is 34.7 Å². The number of hydrogen-bond donors (Lipinski definition) is 3. The number of aliphatic carboxylic acids is 2. The second-order valence-corrected chi connectivity index (χ2v) is 1.90. The first-order chi connectivity index (χ1) is 6.43. The Balaban J connectivity index is 0. The van der Waals surface area contributed by atoms with E-state index >= 15 is 0 Å². The highest BCUT2D eigenvalue weighted by Gasteiger charge is 2.00. The largest absolute Gasteiger partial charge is 0.481 e. The number of carbonyl (C=O) groups is 3. The molecule has 0 rings (SSSR count). The quantitative estimate of drug-likeness (QED) is 0.339. The minimum absolute atomic E-state index is 0.296. The number of carboxylic acid groups (broad SMARTS) is 2. The molecule has 0 aromatic rings. The molecule has 80 valence electrons. The SMILES string of the molecule is C=CC(=O)OO.O=C(O)CCC(=O)O. The zero-order chi connectivity index (χ0) is 11.6. The molecule has 0 aromatic heterocycles. The number of carbonyl (C=O) groups excluding carboxylic acids is 1. The Kier molecular flexibility index (Phi) is 9.61. The lowest BCUT2D eigenvalue weighted by Gasteiger charge is -1.85. The van der Waals surface area contributed by atoms with Gasteiger partial charge in [0.05, 0.1) is 12.8 Å². The van der Waals surface area contributed by atoms with Crippen LogP contribution in [0.1, 0.15) is 12.8 Å². The van der Waals surface area contributed by atoms with Gasteiger partial charge in [-0.2, -0.15) is 5.26 Å². The van der Waals surface area contributed by atoms with Crippen LogP contribution in [-0.4, -0.2) is 33.4 Å². The minimum atomic E-state index is -1.08. The van der Waals surface area contributed by atoms with Gasteiger partial charge in [0.25, 0.3) is 0 Å². The van der Waals surface area contributed by atoms with Gasteiger partial charge in [0.15, 0.2) is 0 Å². The summed E-state index contributed by atoms with van der Waals surface area (Å²) in [6.45, 7) is 3.00. The van der Waals surface area contributed by atoms with Gasteiger partial charge >= 0.3 is 17.9 Å². The average Bonchev–Trinajstić information content (AvgIpc) is 2.14. The van der Waals surface area contributed by atoms with Crippen LogP contribution in [0.15, 0.2) is 12.7 Å². The third-order valence-corrected chi connectivity index (χ3v) is 0.809. The van der Waals surface area contributed by atoms with E-state index in [0.29, 0.717) is 0 Å². The van der Waals surface area contributed by atoms with E-state index in [1.165, 1.54) is 0 Å². The van der Waals surface area contributed by atoms with Crippen LogP contribution in [0.4, 0.5) is 0 Å². The molecule has 3 N–H and O–H groups in total. The second-order valence-electron chi connectivity index (χ2n) is 1.90. The summed E-state index contributed by atoms with van der Waals surface area (Å²) in [6.07, 6.45) is 0.269. The smallest absolute Gasteiger partial charge is 0.365 e. The second kappa shape index (κ2) is 9.20. The zero-order valence-electron chi connectivity index (χ0n) is 7.17. The molecule has 0 amide bonds. The molecule has 0 aliphatic heterocycles. The molecule has 0 unspecified atom stereocenters. The average molecular weight is 206 g/mol. The van der Waals surface area contributed by atoms with Crippen LogP contribution in [0.2, 0.25) is 0 Å². The standard InChI is InChI=1S/C4H6O4.C3H4O3/c5-3(6)1-2-4(7)8;1-2-3(4)6-5/h1-2H2,(H,5,6)(H,7,8);2,5H,1H2. The maximum atomic E-state index is 9.64. The van der Waals surface area contributed by atoms with Crippen LogP contribution >= 0.6 is 0 Å². The minimum Gasteiger partial charge on any atom is -0.481 e. The maximum absolute atomic E-state index is 9.64. The Bertz CT molecular complexity index is 206. The van der Waals surface area contributed by atoms with Crippen LogP contribution in [0.5, 0.6) is 0 Å². The van der Waals surface area contributed by atoms with Crippen molar-refractivity contribution in [3.05, 3.63) is 12.7 Å². The van der Waals surface area contributed by atoms with Gasteiger partial charge in [0.2, 0.25) is 0 Å². The molecule has 0 aliphatic carbocycles. The Labute approximate surface area is 79.2 Å². The van der Waals surface area contributed by atoms with Crippen molar-refractivity contribution in [2.45, 2.75) is 12.8 Å². The normalized spacial score (nSPS) is 7.79. The van der Waals surface area contributed by atoms with Crippen LogP contribution in [0.3, 0.4) is 0 Å². The summed E-state index contributed by atoms with van der Waals surface area (Å²) in [6, 6.07) is 0. The molecular weight excluding hydrogens is 196 g/mol. The molecular formula is C7H10O7. The first-order valence-corrected chi connectivity index (χ1v) is 3.35. The van der Waals surface area contributed by atoms with Crippen LogP contribution < -0.4 is 0 Å². The molecule has 0 bridgehead atoms. The number of carboxylic acids is 2. The van der Waals surface area contributed by atoms with E-state index < -0.39 is 17.9 Å². The molecule has 0 saturated heterocycles. The lowest BCUT2D eigenvalue weighted by atomic mass is 10.3. The predicted molar refractivity (Wildman–Crippen MR) is 43.4 cm³/mol. The Morgan fingerprint density at radius 2 is 1.50 bits per heavy atom. The van der Waals surface area contributed by atoms with Crippen molar-refractivity contribution >= 4 is 17.9 Å². The van der Waals surface area contributed by atoms with Crippen molar-refractivity contribution in [1.82, 2.24) is 0 Å². The van der Waals surface area contributed by atoms with Crippen LogP contribution in [0, 0.1) is 0 Å². The van der Waals surface area contributed by atoms with Gasteiger partial charge in [-0.1, -0.05) is 6.58 Å². The summed E-state index contributed by atoms with van der Waals surface area (Å²) in [5.41, 5.74) is 0. The van der Waals surface area contributed by atoms with Gasteiger partial charge in [0.1, 0.15) is 0 Å². The van der Waals surface area contributed by atoms with Gasteiger partial charge in [0, 0.05) is 6.08 Å². The first-order valence-electron chi connectivity index (χ1n) is 3.35. The van der Waals surface area contributed by atoms with Gasteiger partial charge in [-0.25, -0.2) is 4.79 Å². The number of rotatable bonds is 4. The molecule has 7 heteroatoms. The Hall–Kier alpha value is -1.89. The topological polar surface area (TPSA) is 121 Å². The predicted octanol–water partition coefficient (Wildman–Crippen LogP) is 0.124. The van der Waals surface area contributed by atoms with E-state index in [2.05, 4.69) is 11.5 Å². The summed E-state index contributed by atoms with van der Waals surface area (Å²) < 4.78 is 0. The Morgan fingerprint density at radius 3 is 1.57 bits per heavy atom. The molecule has 0 atom stereocenters. The van der Waals surface area contributed by atoms with Crippen molar-refractivity contribution in [2.75, 3.05) is 0 Å². The molecule has 14 heavy (non-hydrogen) atoms. The first kappa shape index (κ1) is 14.6. The molecule has 7 nitrogen and oxygen atoms in total. The van der Waals surface area contributed by atoms with Crippen molar-refractivity contribution in [3.63, 3.8) is 0 Å². The molecule has 0 radical (unpaired) electrons. The molecule has 0 aromatic carbocycles. The fraction of sp³-hybridized carbons (Fsp3) is 0.286. The third kappa shape index (κ3) is 16.6. The fourth-order valence-corrected chi connectivity index (χ4v) is 0.251. The summed E-state index contributed by atoms with van der Waals surface area (Å²) in [5, 5.41) is 23.2. The molecule has 0 fully saturated rings. The monoisotopic (exact) mass is 206 g/mol. The van der Waals surface area contributed by atoms with Crippen LogP contribution in [-0.2, 0) is 19.3 Å². The third-order valence-electron chi connectivity index (χ3n) is 0.809. The lowest BCUT2D eigenvalue weighted by molar-refractivity contribution is -0.228. The van der Waals surface area contributed by atoms with E-state index in [-0.39, 0.29) is 12.8 Å². The van der Waals surface area contributed by atoms with E-state index in [0.717, 1.165) is 6.08 Å². The summed E-state index contributed by atoms with van der Waals surface area (Å²) in [7, 11) is 0. The zero-order valence-corrected chi connectivity index (χ0v) is 7.17. The fourth-order valence-electron chi connectivity index (χ4n) is 0.251. The van der Waals surface area contributed by atoms with E-state index in [9.17, 15) is 14.4 Å².